The SMILES string of the molecule is CC(C)(C)Nc1nc(C2(c3ccccc3)CCN(C(=O)[C@H]3CCCO3)CC2)cs1.O=CO. The molecule has 0 saturated carbocycles. The monoisotopic (exact) mass is 459 g/mol. The van der Waals surface area contributed by atoms with Gasteiger partial charge in [0.25, 0.3) is 12.4 Å². The van der Waals surface area contributed by atoms with Crippen LogP contribution in [0.25, 0.3) is 0 Å². The zero-order valence-corrected chi connectivity index (χ0v) is 19.9. The van der Waals surface area contributed by atoms with E-state index in [1.165, 1.54) is 5.56 Å². The van der Waals surface area contributed by atoms with Crippen molar-refractivity contribution in [3.8, 4) is 0 Å². The van der Waals surface area contributed by atoms with Gasteiger partial charge < -0.3 is 20.1 Å². The van der Waals surface area contributed by atoms with E-state index < -0.39 is 0 Å². The number of rotatable bonds is 4. The molecule has 2 fully saturated rings. The fourth-order valence-electron chi connectivity index (χ4n) is 4.41. The van der Waals surface area contributed by atoms with Crippen molar-refractivity contribution in [3.05, 3.63) is 47.0 Å². The topological polar surface area (TPSA) is 91.8 Å². The number of benzene rings is 1. The molecule has 0 radical (unpaired) electrons. The summed E-state index contributed by atoms with van der Waals surface area (Å²) < 4.78 is 5.63. The first-order valence-corrected chi connectivity index (χ1v) is 11.9. The summed E-state index contributed by atoms with van der Waals surface area (Å²) in [5, 5.41) is 13.5. The van der Waals surface area contributed by atoms with Gasteiger partial charge in [-0.05, 0) is 52.0 Å². The van der Waals surface area contributed by atoms with Crippen molar-refractivity contribution in [3.63, 3.8) is 0 Å². The molecule has 0 aliphatic carbocycles. The molecular weight excluding hydrogens is 426 g/mol. The van der Waals surface area contributed by atoms with Gasteiger partial charge in [-0.3, -0.25) is 9.59 Å². The highest BCUT2D eigenvalue weighted by molar-refractivity contribution is 7.13. The number of nitrogens with one attached hydrogen (secondary N) is 1. The van der Waals surface area contributed by atoms with E-state index in [9.17, 15) is 4.79 Å². The molecule has 2 aromatic rings. The molecule has 1 atom stereocenters. The van der Waals surface area contributed by atoms with E-state index in [2.05, 4.69) is 61.8 Å². The molecule has 3 heterocycles. The second-order valence-corrected chi connectivity index (χ2v) is 10.2. The number of piperidine rings is 1. The lowest BCUT2D eigenvalue weighted by molar-refractivity contribution is -0.142. The first-order valence-electron chi connectivity index (χ1n) is 11.1. The molecule has 4 rings (SSSR count). The number of amides is 1. The van der Waals surface area contributed by atoms with Crippen LogP contribution in [0.15, 0.2) is 35.7 Å². The largest absolute Gasteiger partial charge is 0.483 e. The highest BCUT2D eigenvalue weighted by Crippen LogP contribution is 2.43. The second-order valence-electron chi connectivity index (χ2n) is 9.29. The Hall–Kier alpha value is -2.45. The molecule has 8 heteroatoms. The van der Waals surface area contributed by atoms with Crippen molar-refractivity contribution in [2.24, 2.45) is 0 Å². The highest BCUT2D eigenvalue weighted by atomic mass is 32.1. The molecule has 2 saturated heterocycles. The second kappa shape index (κ2) is 10.4. The normalized spacial score (nSPS) is 20.2. The summed E-state index contributed by atoms with van der Waals surface area (Å²) in [6.07, 6.45) is 3.37. The third-order valence-electron chi connectivity index (χ3n) is 5.94. The summed E-state index contributed by atoms with van der Waals surface area (Å²) in [5.74, 6) is 0.164. The van der Waals surface area contributed by atoms with E-state index in [1.54, 1.807) is 11.3 Å². The Morgan fingerprint density at radius 3 is 2.50 bits per heavy atom. The smallest absolute Gasteiger partial charge is 0.290 e. The number of carbonyl (C=O) groups excluding carboxylic acids is 1. The summed E-state index contributed by atoms with van der Waals surface area (Å²) in [5.41, 5.74) is 2.23. The number of aromatic nitrogens is 1. The molecule has 2 N–H and O–H groups in total. The third-order valence-corrected chi connectivity index (χ3v) is 6.69. The van der Waals surface area contributed by atoms with E-state index in [4.69, 9.17) is 19.6 Å². The van der Waals surface area contributed by atoms with Crippen LogP contribution in [0, 0.1) is 0 Å². The van der Waals surface area contributed by atoms with Crippen LogP contribution in [0.2, 0.25) is 0 Å². The van der Waals surface area contributed by atoms with Gasteiger partial charge in [0.1, 0.15) is 6.10 Å². The number of thiazole rings is 1. The fraction of sp³-hybridized carbons (Fsp3) is 0.542. The van der Waals surface area contributed by atoms with Gasteiger partial charge in [0.05, 0.1) is 5.69 Å². The zero-order chi connectivity index (χ0) is 23.2. The molecule has 32 heavy (non-hydrogen) atoms. The zero-order valence-electron chi connectivity index (χ0n) is 19.0. The number of hydrogen-bond acceptors (Lipinski definition) is 6. The predicted molar refractivity (Wildman–Crippen MR) is 126 cm³/mol. The van der Waals surface area contributed by atoms with Crippen LogP contribution >= 0.6 is 11.3 Å². The van der Waals surface area contributed by atoms with Gasteiger partial charge in [-0.15, -0.1) is 11.3 Å². The Bertz CT molecular complexity index is 880. The maximum absolute atomic E-state index is 12.8. The Morgan fingerprint density at radius 1 is 1.28 bits per heavy atom. The molecule has 2 aliphatic heterocycles. The van der Waals surface area contributed by atoms with Crippen LogP contribution in [0.5, 0.6) is 0 Å². The quantitative estimate of drug-likeness (QED) is 0.668. The van der Waals surface area contributed by atoms with Crippen LogP contribution in [0.1, 0.15) is 57.7 Å². The van der Waals surface area contributed by atoms with Gasteiger partial charge in [-0.1, -0.05) is 30.3 Å². The van der Waals surface area contributed by atoms with Gasteiger partial charge in [0.2, 0.25) is 0 Å². The van der Waals surface area contributed by atoms with Crippen LogP contribution in [0.3, 0.4) is 0 Å². The van der Waals surface area contributed by atoms with Crippen molar-refractivity contribution >= 4 is 28.8 Å². The summed E-state index contributed by atoms with van der Waals surface area (Å²) in [6.45, 7) is 8.39. The summed E-state index contributed by atoms with van der Waals surface area (Å²) in [4.78, 5) is 28.2. The first-order chi connectivity index (χ1) is 15.3. The Labute approximate surface area is 193 Å². The predicted octanol–water partition coefficient (Wildman–Crippen LogP) is 4.14. The molecule has 0 unspecified atom stereocenters. The van der Waals surface area contributed by atoms with Crippen molar-refractivity contribution in [1.82, 2.24) is 9.88 Å². The fourth-order valence-corrected chi connectivity index (χ4v) is 5.42. The molecule has 174 valence electrons. The molecule has 1 aromatic heterocycles. The lowest BCUT2D eigenvalue weighted by Crippen LogP contribution is -2.48. The highest BCUT2D eigenvalue weighted by Gasteiger charge is 2.42. The minimum absolute atomic E-state index is 0.0217. The molecule has 1 aromatic carbocycles. The number of anilines is 1. The third kappa shape index (κ3) is 5.66. The number of carboxylic acid groups (broad SMARTS) is 1. The molecular formula is C24H33N3O4S. The first kappa shape index (κ1) is 24.2. The van der Waals surface area contributed by atoms with Crippen LogP contribution in [-0.2, 0) is 19.7 Å². The summed E-state index contributed by atoms with van der Waals surface area (Å²) in [7, 11) is 0. The van der Waals surface area contributed by atoms with E-state index in [-0.39, 0.29) is 29.4 Å². The molecule has 1 amide bonds. The lowest BCUT2D eigenvalue weighted by atomic mass is 9.70. The van der Waals surface area contributed by atoms with Gasteiger partial charge >= 0.3 is 0 Å². The van der Waals surface area contributed by atoms with Gasteiger partial charge in [-0.25, -0.2) is 4.98 Å². The maximum Gasteiger partial charge on any atom is 0.290 e. The number of ether oxygens (including phenoxy) is 1. The van der Waals surface area contributed by atoms with Crippen molar-refractivity contribution < 1.29 is 19.4 Å². The Kier molecular flexibility index (Phi) is 7.90. The average Bonchev–Trinajstić information content (AvgIpc) is 3.46. The molecule has 2 aliphatic rings. The minimum atomic E-state index is -0.250. The van der Waals surface area contributed by atoms with Gasteiger partial charge in [-0.2, -0.15) is 0 Å². The van der Waals surface area contributed by atoms with E-state index in [0.29, 0.717) is 6.61 Å². The summed E-state index contributed by atoms with van der Waals surface area (Å²) >= 11 is 1.67. The van der Waals surface area contributed by atoms with Crippen LogP contribution in [-0.4, -0.2) is 58.7 Å². The average molecular weight is 460 g/mol. The molecule has 0 spiro atoms. The lowest BCUT2D eigenvalue weighted by Gasteiger charge is -2.42. The number of carbonyl (C=O) groups is 2. The van der Waals surface area contributed by atoms with Crippen molar-refractivity contribution in [2.75, 3.05) is 25.0 Å². The van der Waals surface area contributed by atoms with Gasteiger partial charge in [0.15, 0.2) is 5.13 Å². The number of nitrogens with zero attached hydrogens (tertiary/aromatic N) is 2. The van der Waals surface area contributed by atoms with Crippen molar-refractivity contribution in [2.45, 2.75) is 63.5 Å². The number of likely N-dealkylation sites (tertiary alicyclic amines) is 1. The van der Waals surface area contributed by atoms with E-state index >= 15 is 0 Å². The summed E-state index contributed by atoms with van der Waals surface area (Å²) in [6, 6.07) is 10.7. The van der Waals surface area contributed by atoms with Crippen LogP contribution < -0.4 is 5.32 Å². The number of hydrogen-bond donors (Lipinski definition) is 2. The van der Waals surface area contributed by atoms with Crippen molar-refractivity contribution in [1.29, 1.82) is 0 Å². The minimum Gasteiger partial charge on any atom is -0.483 e. The van der Waals surface area contributed by atoms with Crippen LogP contribution in [0.4, 0.5) is 5.13 Å². The molecule has 7 nitrogen and oxygen atoms in total. The standard InChI is InChI=1S/C23H31N3O2S.CH2O2/c1-22(2,3)25-21-24-19(16-29-21)23(17-8-5-4-6-9-17)11-13-26(14-12-23)20(27)18-10-7-15-28-18;2-1-3/h4-6,8-9,16,18H,7,10-15H2,1-3H3,(H,24,25);1H,(H,2,3)/t18-;/m1./s1. The van der Waals surface area contributed by atoms with E-state index in [1.807, 2.05) is 4.90 Å². The Morgan fingerprint density at radius 2 is 1.94 bits per heavy atom. The van der Waals surface area contributed by atoms with Gasteiger partial charge in [0, 0.05) is 36.0 Å². The molecule has 0 bridgehead atoms. The maximum atomic E-state index is 12.8. The van der Waals surface area contributed by atoms with E-state index in [0.717, 1.165) is 49.6 Å². The Balaban J connectivity index is 0.000000913.